The number of nitrogens with one attached hydrogen (secondary N) is 1. The van der Waals surface area contributed by atoms with Gasteiger partial charge in [0.05, 0.1) is 20.3 Å². The predicted molar refractivity (Wildman–Crippen MR) is 60.1 cm³/mol. The molecule has 1 saturated carbocycles. The van der Waals surface area contributed by atoms with Gasteiger partial charge in [0.1, 0.15) is 5.41 Å². The Kier molecular flexibility index (Phi) is 3.82. The average Bonchev–Trinajstić information content (AvgIpc) is 2.17. The van der Waals surface area contributed by atoms with Crippen LogP contribution >= 0.6 is 0 Å². The Hall–Kier alpha value is -0.610. The molecule has 0 bridgehead atoms. The first-order valence-corrected chi connectivity index (χ1v) is 6.14. The van der Waals surface area contributed by atoms with Crippen LogP contribution in [0, 0.1) is 11.3 Å². The van der Waals surface area contributed by atoms with E-state index in [1.807, 2.05) is 0 Å². The van der Waals surface area contributed by atoms with Gasteiger partial charge in [0.25, 0.3) is 0 Å². The molecule has 0 amide bonds. The summed E-state index contributed by atoms with van der Waals surface area (Å²) in [4.78, 5) is 11.6. The van der Waals surface area contributed by atoms with E-state index in [2.05, 4.69) is 5.32 Å². The Labute approximate surface area is 96.7 Å². The van der Waals surface area contributed by atoms with E-state index < -0.39 is 5.41 Å². The number of ether oxygens (including phenoxy) is 2. The first kappa shape index (κ1) is 11.9. The van der Waals surface area contributed by atoms with Crippen molar-refractivity contribution in [1.82, 2.24) is 5.32 Å². The first-order chi connectivity index (χ1) is 7.77. The van der Waals surface area contributed by atoms with Crippen molar-refractivity contribution in [2.75, 3.05) is 33.4 Å². The summed E-state index contributed by atoms with van der Waals surface area (Å²) in [6.45, 7) is 2.68. The molecule has 0 atom stereocenters. The van der Waals surface area contributed by atoms with E-state index in [-0.39, 0.29) is 5.97 Å². The highest BCUT2D eigenvalue weighted by Gasteiger charge is 2.46. The average molecular weight is 227 g/mol. The van der Waals surface area contributed by atoms with Crippen molar-refractivity contribution in [3.63, 3.8) is 0 Å². The maximum Gasteiger partial charge on any atom is 0.317 e. The first-order valence-electron chi connectivity index (χ1n) is 6.14. The number of esters is 1. The molecular formula is C12H21NO3. The van der Waals surface area contributed by atoms with Gasteiger partial charge >= 0.3 is 5.97 Å². The Balaban J connectivity index is 1.64. The third kappa shape index (κ3) is 2.38. The standard InChI is InChI=1S/C12H21NO3/c1-15-11(14)12(8-16-9-12)7-13-6-5-10-3-2-4-10/h10,13H,2-9H2,1H3. The molecule has 1 aliphatic heterocycles. The largest absolute Gasteiger partial charge is 0.468 e. The van der Waals surface area contributed by atoms with Crippen molar-refractivity contribution in [3.05, 3.63) is 0 Å². The van der Waals surface area contributed by atoms with Crippen molar-refractivity contribution >= 4 is 5.97 Å². The summed E-state index contributed by atoms with van der Waals surface area (Å²) in [5.74, 6) is 0.772. The minimum Gasteiger partial charge on any atom is -0.468 e. The topological polar surface area (TPSA) is 47.6 Å². The summed E-state index contributed by atoms with van der Waals surface area (Å²) >= 11 is 0. The molecule has 0 aromatic carbocycles. The zero-order valence-corrected chi connectivity index (χ0v) is 9.96. The molecule has 2 rings (SSSR count). The molecule has 4 heteroatoms. The number of hydrogen-bond donors (Lipinski definition) is 1. The second-order valence-corrected chi connectivity index (χ2v) is 5.03. The van der Waals surface area contributed by atoms with E-state index >= 15 is 0 Å². The smallest absolute Gasteiger partial charge is 0.317 e. The molecule has 0 aromatic heterocycles. The number of carbonyl (C=O) groups excluding carboxylic acids is 1. The van der Waals surface area contributed by atoms with Crippen LogP contribution in [0.3, 0.4) is 0 Å². The molecule has 0 unspecified atom stereocenters. The summed E-state index contributed by atoms with van der Waals surface area (Å²) in [7, 11) is 1.44. The predicted octanol–water partition coefficient (Wildman–Crippen LogP) is 0.956. The van der Waals surface area contributed by atoms with Crippen molar-refractivity contribution in [3.8, 4) is 0 Å². The van der Waals surface area contributed by atoms with E-state index in [1.165, 1.54) is 32.8 Å². The molecular weight excluding hydrogens is 206 g/mol. The van der Waals surface area contributed by atoms with Crippen LogP contribution in [0.15, 0.2) is 0 Å². The summed E-state index contributed by atoms with van der Waals surface area (Å²) < 4.78 is 9.94. The molecule has 0 spiro atoms. The van der Waals surface area contributed by atoms with Crippen molar-refractivity contribution in [2.24, 2.45) is 11.3 Å². The SMILES string of the molecule is COC(=O)C1(CNCCC2CCC2)COC1. The quantitative estimate of drug-likeness (QED) is 0.542. The highest BCUT2D eigenvalue weighted by atomic mass is 16.5. The Morgan fingerprint density at radius 3 is 2.69 bits per heavy atom. The number of methoxy groups -OCH3 is 1. The molecule has 1 heterocycles. The van der Waals surface area contributed by atoms with Crippen LogP contribution in [0.1, 0.15) is 25.7 Å². The second kappa shape index (κ2) is 5.15. The zero-order chi connectivity index (χ0) is 11.4. The van der Waals surface area contributed by atoms with Crippen molar-refractivity contribution in [1.29, 1.82) is 0 Å². The molecule has 92 valence electrons. The molecule has 16 heavy (non-hydrogen) atoms. The molecule has 1 N–H and O–H groups in total. The van der Waals surface area contributed by atoms with Crippen LogP contribution in [-0.2, 0) is 14.3 Å². The van der Waals surface area contributed by atoms with Gasteiger partial charge in [-0.3, -0.25) is 4.79 Å². The summed E-state index contributed by atoms with van der Waals surface area (Å²) in [6, 6.07) is 0. The minimum absolute atomic E-state index is 0.144. The van der Waals surface area contributed by atoms with Crippen LogP contribution in [0.2, 0.25) is 0 Å². The molecule has 4 nitrogen and oxygen atoms in total. The van der Waals surface area contributed by atoms with E-state index in [1.54, 1.807) is 0 Å². The lowest BCUT2D eigenvalue weighted by Gasteiger charge is -2.38. The highest BCUT2D eigenvalue weighted by Crippen LogP contribution is 2.30. The molecule has 0 aromatic rings. The summed E-state index contributed by atoms with van der Waals surface area (Å²) in [5, 5.41) is 3.36. The van der Waals surface area contributed by atoms with Crippen LogP contribution in [0.25, 0.3) is 0 Å². The van der Waals surface area contributed by atoms with Gasteiger partial charge in [-0.15, -0.1) is 0 Å². The number of hydrogen-bond acceptors (Lipinski definition) is 4. The van der Waals surface area contributed by atoms with Crippen LogP contribution in [0.4, 0.5) is 0 Å². The number of rotatable bonds is 6. The maximum atomic E-state index is 11.6. The van der Waals surface area contributed by atoms with Gasteiger partial charge in [0.15, 0.2) is 0 Å². The van der Waals surface area contributed by atoms with Gasteiger partial charge in [-0.05, 0) is 18.9 Å². The van der Waals surface area contributed by atoms with Gasteiger partial charge in [0.2, 0.25) is 0 Å². The van der Waals surface area contributed by atoms with Crippen LogP contribution in [0.5, 0.6) is 0 Å². The van der Waals surface area contributed by atoms with E-state index in [9.17, 15) is 4.79 Å². The van der Waals surface area contributed by atoms with Gasteiger partial charge in [-0.1, -0.05) is 19.3 Å². The summed E-state index contributed by atoms with van der Waals surface area (Å²) in [6.07, 6.45) is 5.39. The Morgan fingerprint density at radius 2 is 2.25 bits per heavy atom. The third-order valence-electron chi connectivity index (χ3n) is 3.79. The lowest BCUT2D eigenvalue weighted by molar-refractivity contribution is -0.182. The van der Waals surface area contributed by atoms with E-state index in [4.69, 9.17) is 9.47 Å². The van der Waals surface area contributed by atoms with Gasteiger partial charge in [0, 0.05) is 6.54 Å². The van der Waals surface area contributed by atoms with Gasteiger partial charge in [-0.25, -0.2) is 0 Å². The lowest BCUT2D eigenvalue weighted by Crippen LogP contribution is -2.55. The Bertz CT molecular complexity index is 247. The molecule has 0 radical (unpaired) electrons. The highest BCUT2D eigenvalue weighted by molar-refractivity contribution is 5.78. The molecule has 1 saturated heterocycles. The second-order valence-electron chi connectivity index (χ2n) is 5.03. The lowest BCUT2D eigenvalue weighted by atomic mass is 9.82. The van der Waals surface area contributed by atoms with Crippen molar-refractivity contribution in [2.45, 2.75) is 25.7 Å². The monoisotopic (exact) mass is 227 g/mol. The molecule has 2 aliphatic rings. The third-order valence-corrected chi connectivity index (χ3v) is 3.79. The molecule has 1 aliphatic carbocycles. The minimum atomic E-state index is -0.408. The molecule has 2 fully saturated rings. The summed E-state index contributed by atoms with van der Waals surface area (Å²) in [5.41, 5.74) is -0.408. The van der Waals surface area contributed by atoms with E-state index in [0.717, 1.165) is 12.5 Å². The Morgan fingerprint density at radius 1 is 1.50 bits per heavy atom. The fraction of sp³-hybridized carbons (Fsp3) is 0.917. The maximum absolute atomic E-state index is 11.6. The fourth-order valence-electron chi connectivity index (χ4n) is 2.27. The zero-order valence-electron chi connectivity index (χ0n) is 9.96. The fourth-order valence-corrected chi connectivity index (χ4v) is 2.27. The van der Waals surface area contributed by atoms with Crippen LogP contribution in [-0.4, -0.2) is 39.4 Å². The van der Waals surface area contributed by atoms with Crippen molar-refractivity contribution < 1.29 is 14.3 Å². The van der Waals surface area contributed by atoms with Gasteiger partial charge in [-0.2, -0.15) is 0 Å². The van der Waals surface area contributed by atoms with E-state index in [0.29, 0.717) is 19.8 Å². The normalized spacial score (nSPS) is 23.3. The van der Waals surface area contributed by atoms with Crippen LogP contribution < -0.4 is 5.32 Å². The van der Waals surface area contributed by atoms with Gasteiger partial charge < -0.3 is 14.8 Å². The number of carbonyl (C=O) groups is 1.